The molecule has 16 heavy (non-hydrogen) atoms. The van der Waals surface area contributed by atoms with Crippen molar-refractivity contribution in [3.05, 3.63) is 29.6 Å². The summed E-state index contributed by atoms with van der Waals surface area (Å²) < 4.78 is 18.2. The molecule has 1 unspecified atom stereocenters. The Balaban J connectivity index is 2.57. The van der Waals surface area contributed by atoms with Gasteiger partial charge in [0.2, 0.25) is 0 Å². The van der Waals surface area contributed by atoms with Gasteiger partial charge >= 0.3 is 0 Å². The lowest BCUT2D eigenvalue weighted by Gasteiger charge is -2.11. The molecule has 90 valence electrons. The van der Waals surface area contributed by atoms with E-state index in [4.69, 9.17) is 4.74 Å². The van der Waals surface area contributed by atoms with Crippen molar-refractivity contribution in [3.8, 4) is 5.75 Å². The summed E-state index contributed by atoms with van der Waals surface area (Å²) in [5.74, 6) is -0.166. The lowest BCUT2D eigenvalue weighted by Crippen LogP contribution is -2.28. The molecule has 0 amide bonds. The van der Waals surface area contributed by atoms with Crippen LogP contribution in [0.4, 0.5) is 4.39 Å². The summed E-state index contributed by atoms with van der Waals surface area (Å²) in [6.45, 7) is 3.30. The monoisotopic (exact) mass is 227 g/mol. The molecule has 1 rings (SSSR count). The van der Waals surface area contributed by atoms with E-state index in [1.54, 1.807) is 12.1 Å². The third-order valence-electron chi connectivity index (χ3n) is 2.32. The van der Waals surface area contributed by atoms with Gasteiger partial charge in [0.25, 0.3) is 0 Å². The molecule has 4 heteroatoms. The topological polar surface area (TPSA) is 41.5 Å². The molecule has 0 saturated carbocycles. The fraction of sp³-hybridized carbons (Fsp3) is 0.500. The fourth-order valence-electron chi connectivity index (χ4n) is 1.49. The molecule has 0 heterocycles. The van der Waals surface area contributed by atoms with Gasteiger partial charge in [-0.2, -0.15) is 0 Å². The molecule has 0 fully saturated rings. The molecule has 0 aliphatic carbocycles. The summed E-state index contributed by atoms with van der Waals surface area (Å²) in [4.78, 5) is 0. The van der Waals surface area contributed by atoms with Gasteiger partial charge in [0.05, 0.1) is 13.2 Å². The van der Waals surface area contributed by atoms with Crippen molar-refractivity contribution in [2.45, 2.75) is 19.4 Å². The van der Waals surface area contributed by atoms with E-state index in [2.05, 4.69) is 5.32 Å². The first-order chi connectivity index (χ1) is 7.67. The lowest BCUT2D eigenvalue weighted by atomic mass is 10.1. The Kier molecular flexibility index (Phi) is 5.22. The Hall–Kier alpha value is -1.13. The van der Waals surface area contributed by atoms with Gasteiger partial charge in [-0.25, -0.2) is 4.39 Å². The molecule has 1 aromatic rings. The van der Waals surface area contributed by atoms with E-state index in [0.717, 1.165) is 12.1 Å². The van der Waals surface area contributed by atoms with E-state index >= 15 is 0 Å². The average molecular weight is 227 g/mol. The molecule has 0 aliphatic rings. The second-order valence-electron chi connectivity index (χ2n) is 3.63. The van der Waals surface area contributed by atoms with E-state index < -0.39 is 11.9 Å². The molecule has 0 aromatic heterocycles. The van der Waals surface area contributed by atoms with E-state index in [-0.39, 0.29) is 5.75 Å². The number of hydrogen-bond donors (Lipinski definition) is 2. The molecule has 3 nitrogen and oxygen atoms in total. The summed E-state index contributed by atoms with van der Waals surface area (Å²) >= 11 is 0. The number of hydrogen-bond acceptors (Lipinski definition) is 3. The summed E-state index contributed by atoms with van der Waals surface area (Å²) in [6.07, 6.45) is -0.0544. The highest BCUT2D eigenvalue weighted by Crippen LogP contribution is 2.18. The van der Waals surface area contributed by atoms with Crippen LogP contribution >= 0.6 is 0 Å². The van der Waals surface area contributed by atoms with Crippen LogP contribution in [0.2, 0.25) is 0 Å². The van der Waals surface area contributed by atoms with Crippen molar-refractivity contribution in [3.63, 3.8) is 0 Å². The number of likely N-dealkylation sites (N-methyl/N-ethyl adjacent to an activating group) is 1. The third-order valence-corrected chi connectivity index (χ3v) is 2.32. The van der Waals surface area contributed by atoms with Crippen molar-refractivity contribution in [1.29, 1.82) is 0 Å². The maximum absolute atomic E-state index is 13.3. The van der Waals surface area contributed by atoms with Crippen molar-refractivity contribution in [1.82, 2.24) is 5.32 Å². The summed E-state index contributed by atoms with van der Waals surface area (Å²) in [5, 5.41) is 12.7. The second kappa shape index (κ2) is 6.45. The van der Waals surface area contributed by atoms with Crippen LogP contribution < -0.4 is 10.1 Å². The number of halogens is 1. The normalized spacial score (nSPS) is 12.5. The maximum atomic E-state index is 13.3. The largest absolute Gasteiger partial charge is 0.494 e. The first-order valence-corrected chi connectivity index (χ1v) is 5.38. The highest BCUT2D eigenvalue weighted by atomic mass is 19.1. The second-order valence-corrected chi connectivity index (χ2v) is 3.63. The predicted octanol–water partition coefficient (Wildman–Crippen LogP) is 1.35. The van der Waals surface area contributed by atoms with E-state index in [0.29, 0.717) is 13.0 Å². The molecule has 0 radical (unpaired) electrons. The molecule has 0 bridgehead atoms. The molecule has 0 aliphatic heterocycles. The number of benzene rings is 1. The Morgan fingerprint density at radius 1 is 1.50 bits per heavy atom. The van der Waals surface area contributed by atoms with Gasteiger partial charge in [0, 0.05) is 6.54 Å². The molecule has 0 saturated heterocycles. The van der Waals surface area contributed by atoms with Crippen LogP contribution in [0.5, 0.6) is 5.75 Å². The van der Waals surface area contributed by atoms with Gasteiger partial charge in [-0.1, -0.05) is 13.0 Å². The van der Waals surface area contributed by atoms with Crippen LogP contribution in [0.1, 0.15) is 12.5 Å². The van der Waals surface area contributed by atoms with Gasteiger partial charge in [-0.05, 0) is 30.7 Å². The molecule has 1 aromatic carbocycles. The summed E-state index contributed by atoms with van der Waals surface area (Å²) in [5.41, 5.74) is 0.767. The van der Waals surface area contributed by atoms with Gasteiger partial charge in [0.15, 0.2) is 11.6 Å². The minimum atomic E-state index is -0.493. The van der Waals surface area contributed by atoms with Gasteiger partial charge < -0.3 is 15.2 Å². The highest BCUT2D eigenvalue weighted by Gasteiger charge is 2.08. The smallest absolute Gasteiger partial charge is 0.165 e. The number of aliphatic hydroxyl groups excluding tert-OH is 1. The average Bonchev–Trinajstić information content (AvgIpc) is 2.26. The Labute approximate surface area is 95.2 Å². The minimum absolute atomic E-state index is 0.227. The fourth-order valence-corrected chi connectivity index (χ4v) is 1.49. The van der Waals surface area contributed by atoms with E-state index in [9.17, 15) is 9.50 Å². The summed E-state index contributed by atoms with van der Waals surface area (Å²) in [6, 6.07) is 4.73. The Morgan fingerprint density at radius 2 is 2.25 bits per heavy atom. The van der Waals surface area contributed by atoms with Crippen LogP contribution in [0.25, 0.3) is 0 Å². The zero-order chi connectivity index (χ0) is 12.0. The van der Waals surface area contributed by atoms with Crippen LogP contribution in [-0.2, 0) is 6.42 Å². The first-order valence-electron chi connectivity index (χ1n) is 5.38. The number of rotatable bonds is 6. The highest BCUT2D eigenvalue weighted by molar-refractivity contribution is 5.29. The van der Waals surface area contributed by atoms with Gasteiger partial charge in [0.1, 0.15) is 0 Å². The molecular formula is C12H18FNO2. The number of ether oxygens (including phenoxy) is 1. The quantitative estimate of drug-likeness (QED) is 0.770. The van der Waals surface area contributed by atoms with Crippen molar-refractivity contribution >= 4 is 0 Å². The Morgan fingerprint density at radius 3 is 2.81 bits per heavy atom. The van der Waals surface area contributed by atoms with E-state index in [1.165, 1.54) is 13.2 Å². The summed E-state index contributed by atoms with van der Waals surface area (Å²) in [7, 11) is 1.43. The third kappa shape index (κ3) is 3.79. The lowest BCUT2D eigenvalue weighted by molar-refractivity contribution is 0.172. The van der Waals surface area contributed by atoms with Crippen LogP contribution in [0.15, 0.2) is 18.2 Å². The first kappa shape index (κ1) is 12.9. The number of aliphatic hydroxyl groups is 1. The van der Waals surface area contributed by atoms with Crippen molar-refractivity contribution in [2.24, 2.45) is 0 Å². The SMILES string of the molecule is CCNCC(O)Cc1ccc(OC)c(F)c1. The molecule has 2 N–H and O–H groups in total. The number of nitrogens with one attached hydrogen (secondary N) is 1. The standard InChI is InChI=1S/C12H18FNO2/c1-3-14-8-10(15)6-9-4-5-12(16-2)11(13)7-9/h4-5,7,10,14-15H,3,6,8H2,1-2H3. The predicted molar refractivity (Wildman–Crippen MR) is 61.2 cm³/mol. The molecular weight excluding hydrogens is 209 g/mol. The molecule has 0 spiro atoms. The minimum Gasteiger partial charge on any atom is -0.494 e. The van der Waals surface area contributed by atoms with Crippen molar-refractivity contribution < 1.29 is 14.2 Å². The Bertz CT molecular complexity index is 331. The van der Waals surface area contributed by atoms with E-state index in [1.807, 2.05) is 6.92 Å². The number of methoxy groups -OCH3 is 1. The molecule has 1 atom stereocenters. The zero-order valence-electron chi connectivity index (χ0n) is 9.66. The maximum Gasteiger partial charge on any atom is 0.165 e. The zero-order valence-corrected chi connectivity index (χ0v) is 9.66. The van der Waals surface area contributed by atoms with Crippen LogP contribution in [-0.4, -0.2) is 31.4 Å². The van der Waals surface area contributed by atoms with Crippen LogP contribution in [0.3, 0.4) is 0 Å². The van der Waals surface area contributed by atoms with Crippen LogP contribution in [0, 0.1) is 5.82 Å². The van der Waals surface area contributed by atoms with Gasteiger partial charge in [-0.3, -0.25) is 0 Å². The van der Waals surface area contributed by atoms with Crippen molar-refractivity contribution in [2.75, 3.05) is 20.2 Å². The van der Waals surface area contributed by atoms with Gasteiger partial charge in [-0.15, -0.1) is 0 Å².